The summed E-state index contributed by atoms with van der Waals surface area (Å²) in [5.41, 5.74) is 0. The molecule has 1 rings (SSSR count). The normalized spacial score (nSPS) is 20.7. The second-order valence-electron chi connectivity index (χ2n) is 18.0. The molecule has 7 atom stereocenters. The van der Waals surface area contributed by atoms with Crippen LogP contribution in [0.4, 0.5) is 0 Å². The van der Waals surface area contributed by atoms with Gasteiger partial charge in [0.15, 0.2) is 6.29 Å². The first-order valence-corrected chi connectivity index (χ1v) is 25.4. The van der Waals surface area contributed by atoms with E-state index in [1.54, 1.807) is 6.08 Å². The van der Waals surface area contributed by atoms with Gasteiger partial charge in [0.1, 0.15) is 24.4 Å². The molecule has 1 fully saturated rings. The Hall–Kier alpha value is -1.07. The molecular formula is C50H97NO8. The molecule has 0 aromatic heterocycles. The number of aliphatic hydroxyl groups excluding tert-OH is 5. The van der Waals surface area contributed by atoms with Crippen LogP contribution >= 0.6 is 0 Å². The molecule has 9 heteroatoms. The quantitative estimate of drug-likeness (QED) is 0.0263. The smallest absolute Gasteiger partial charge is 0.220 e. The molecule has 0 radical (unpaired) electrons. The molecule has 0 saturated carbocycles. The Bertz CT molecular complexity index is 935. The number of aliphatic hydroxyl groups is 5. The molecule has 0 aromatic carbocycles. The molecule has 1 aliphatic rings. The van der Waals surface area contributed by atoms with Gasteiger partial charge in [-0.2, -0.15) is 0 Å². The maximum absolute atomic E-state index is 13.0. The molecule has 1 amide bonds. The molecule has 6 N–H and O–H groups in total. The fourth-order valence-electron chi connectivity index (χ4n) is 8.28. The van der Waals surface area contributed by atoms with Crippen LogP contribution in [0.1, 0.15) is 245 Å². The number of carbonyl (C=O) groups is 1. The molecular weight excluding hydrogens is 743 g/mol. The van der Waals surface area contributed by atoms with Crippen LogP contribution in [0.5, 0.6) is 0 Å². The van der Waals surface area contributed by atoms with Crippen molar-refractivity contribution in [2.24, 2.45) is 0 Å². The summed E-state index contributed by atoms with van der Waals surface area (Å²) in [6.07, 6.45) is 41.4. The third-order valence-electron chi connectivity index (χ3n) is 12.4. The Morgan fingerprint density at radius 1 is 0.559 bits per heavy atom. The second-order valence-corrected chi connectivity index (χ2v) is 18.0. The highest BCUT2D eigenvalue weighted by atomic mass is 16.7. The van der Waals surface area contributed by atoms with Crippen LogP contribution in [0.15, 0.2) is 12.2 Å². The number of hydrogen-bond donors (Lipinski definition) is 6. The second kappa shape index (κ2) is 41.0. The maximum Gasteiger partial charge on any atom is 0.220 e. The van der Waals surface area contributed by atoms with E-state index in [1.807, 2.05) is 6.08 Å². The third-order valence-corrected chi connectivity index (χ3v) is 12.4. The average Bonchev–Trinajstić information content (AvgIpc) is 3.23. The predicted octanol–water partition coefficient (Wildman–Crippen LogP) is 11.3. The molecule has 1 heterocycles. The fraction of sp³-hybridized carbons (Fsp3) is 0.940. The van der Waals surface area contributed by atoms with Crippen LogP contribution < -0.4 is 5.32 Å². The number of carbonyl (C=O) groups excluding carboxylic acids is 1. The molecule has 2 unspecified atom stereocenters. The monoisotopic (exact) mass is 840 g/mol. The van der Waals surface area contributed by atoms with Crippen molar-refractivity contribution in [3.05, 3.63) is 12.2 Å². The van der Waals surface area contributed by atoms with Gasteiger partial charge < -0.3 is 40.3 Å². The Balaban J connectivity index is 2.16. The van der Waals surface area contributed by atoms with Crippen LogP contribution in [0.25, 0.3) is 0 Å². The lowest BCUT2D eigenvalue weighted by atomic mass is 9.99. The zero-order valence-electron chi connectivity index (χ0n) is 38.5. The largest absolute Gasteiger partial charge is 0.394 e. The lowest BCUT2D eigenvalue weighted by Crippen LogP contribution is -2.60. The topological polar surface area (TPSA) is 149 Å². The van der Waals surface area contributed by atoms with Crippen molar-refractivity contribution >= 4 is 5.91 Å². The van der Waals surface area contributed by atoms with Crippen LogP contribution in [0, 0.1) is 0 Å². The lowest BCUT2D eigenvalue weighted by molar-refractivity contribution is -0.302. The van der Waals surface area contributed by atoms with Gasteiger partial charge in [-0.15, -0.1) is 0 Å². The Morgan fingerprint density at radius 2 is 0.932 bits per heavy atom. The first-order chi connectivity index (χ1) is 28.8. The van der Waals surface area contributed by atoms with Gasteiger partial charge in [-0.3, -0.25) is 4.79 Å². The zero-order chi connectivity index (χ0) is 43.0. The summed E-state index contributed by atoms with van der Waals surface area (Å²) in [4.78, 5) is 13.0. The van der Waals surface area contributed by atoms with E-state index in [0.29, 0.717) is 6.42 Å². The predicted molar refractivity (Wildman–Crippen MR) is 244 cm³/mol. The van der Waals surface area contributed by atoms with E-state index < -0.39 is 49.5 Å². The lowest BCUT2D eigenvalue weighted by Gasteiger charge is -2.40. The summed E-state index contributed by atoms with van der Waals surface area (Å²) < 4.78 is 11.2. The molecule has 1 saturated heterocycles. The van der Waals surface area contributed by atoms with E-state index in [1.165, 1.54) is 186 Å². The Kier molecular flexibility index (Phi) is 38.9. The summed E-state index contributed by atoms with van der Waals surface area (Å²) in [7, 11) is 0. The van der Waals surface area contributed by atoms with E-state index >= 15 is 0 Å². The first kappa shape index (κ1) is 55.9. The van der Waals surface area contributed by atoms with Crippen LogP contribution in [0.3, 0.4) is 0 Å². The molecule has 59 heavy (non-hydrogen) atoms. The number of amides is 1. The minimum absolute atomic E-state index is 0.174. The van der Waals surface area contributed by atoms with E-state index in [2.05, 4.69) is 19.2 Å². The van der Waals surface area contributed by atoms with Crippen molar-refractivity contribution in [1.29, 1.82) is 0 Å². The van der Waals surface area contributed by atoms with Crippen LogP contribution in [-0.2, 0) is 14.3 Å². The first-order valence-electron chi connectivity index (χ1n) is 25.4. The Morgan fingerprint density at radius 3 is 1.32 bits per heavy atom. The van der Waals surface area contributed by atoms with Crippen molar-refractivity contribution in [3.8, 4) is 0 Å². The fourth-order valence-corrected chi connectivity index (χ4v) is 8.28. The molecule has 0 bridgehead atoms. The van der Waals surface area contributed by atoms with Crippen molar-refractivity contribution in [2.45, 2.75) is 288 Å². The van der Waals surface area contributed by atoms with Crippen LogP contribution in [0.2, 0.25) is 0 Å². The molecule has 0 spiro atoms. The number of rotatable bonds is 43. The van der Waals surface area contributed by atoms with Crippen LogP contribution in [-0.4, -0.2) is 87.5 Å². The molecule has 0 aromatic rings. The number of allylic oxidation sites excluding steroid dienone is 1. The summed E-state index contributed by atoms with van der Waals surface area (Å²) in [5.74, 6) is -0.174. The van der Waals surface area contributed by atoms with Crippen molar-refractivity contribution < 1.29 is 39.8 Å². The summed E-state index contributed by atoms with van der Waals surface area (Å²) in [6.45, 7) is 3.77. The van der Waals surface area contributed by atoms with Gasteiger partial charge in [0, 0.05) is 6.42 Å². The average molecular weight is 840 g/mol. The molecule has 1 aliphatic heterocycles. The summed E-state index contributed by atoms with van der Waals surface area (Å²) >= 11 is 0. The van der Waals surface area contributed by atoms with Gasteiger partial charge in [0.05, 0.1) is 25.4 Å². The van der Waals surface area contributed by atoms with Gasteiger partial charge in [-0.25, -0.2) is 0 Å². The molecule has 9 nitrogen and oxygen atoms in total. The number of nitrogens with one attached hydrogen (secondary N) is 1. The van der Waals surface area contributed by atoms with Crippen molar-refractivity contribution in [3.63, 3.8) is 0 Å². The minimum Gasteiger partial charge on any atom is -0.394 e. The van der Waals surface area contributed by atoms with Crippen molar-refractivity contribution in [2.75, 3.05) is 13.2 Å². The molecule has 0 aliphatic carbocycles. The van der Waals surface area contributed by atoms with E-state index in [0.717, 1.165) is 38.5 Å². The summed E-state index contributed by atoms with van der Waals surface area (Å²) in [5, 5.41) is 54.1. The van der Waals surface area contributed by atoms with Gasteiger partial charge in [0.25, 0.3) is 0 Å². The van der Waals surface area contributed by atoms with Gasteiger partial charge in [0.2, 0.25) is 5.91 Å². The third kappa shape index (κ3) is 31.4. The highest BCUT2D eigenvalue weighted by molar-refractivity contribution is 5.76. The standard InChI is InChI=1S/C50H97NO8/c1-3-5-7-9-11-13-15-16-17-18-19-20-21-22-23-24-25-26-27-28-29-30-32-34-36-38-40-46(54)51-43(42-58-50-49(57)48(56)47(55)45(41-52)59-50)44(53)39-37-35-33-31-14-12-10-8-6-4-2/h37,39,43-45,47-50,52-53,55-57H,3-36,38,40-42H2,1-2H3,(H,51,54)/b39-37+/t43-,44+,45+,47-,48?,49?,50+/m0/s1. The maximum atomic E-state index is 13.0. The van der Waals surface area contributed by atoms with Gasteiger partial charge >= 0.3 is 0 Å². The number of ether oxygens (including phenoxy) is 2. The Labute approximate surface area is 363 Å². The number of unbranched alkanes of at least 4 members (excludes halogenated alkanes) is 33. The van der Waals surface area contributed by atoms with E-state index in [4.69, 9.17) is 9.47 Å². The summed E-state index contributed by atoms with van der Waals surface area (Å²) in [6, 6.07) is -0.797. The van der Waals surface area contributed by atoms with E-state index in [-0.39, 0.29) is 12.5 Å². The van der Waals surface area contributed by atoms with Gasteiger partial charge in [-0.1, -0.05) is 231 Å². The highest BCUT2D eigenvalue weighted by Crippen LogP contribution is 2.23. The number of hydrogen-bond acceptors (Lipinski definition) is 8. The molecule has 350 valence electrons. The zero-order valence-corrected chi connectivity index (χ0v) is 38.5. The SMILES string of the molecule is CCCCCCCCCC/C=C/[C@@H](O)[C@H](CO[C@@H]1O[C@H](CO)[C@H](O)C(O)C1O)NC(=O)CCCCCCCCCCCCCCCCCCCCCCCCCCCC. The highest BCUT2D eigenvalue weighted by Gasteiger charge is 2.44. The van der Waals surface area contributed by atoms with Crippen molar-refractivity contribution in [1.82, 2.24) is 5.32 Å². The van der Waals surface area contributed by atoms with Gasteiger partial charge in [-0.05, 0) is 19.3 Å². The minimum atomic E-state index is -1.56. The van der Waals surface area contributed by atoms with E-state index in [9.17, 15) is 30.3 Å².